The van der Waals surface area contributed by atoms with Gasteiger partial charge in [-0.3, -0.25) is 4.79 Å². The molecule has 0 aromatic heterocycles. The van der Waals surface area contributed by atoms with Gasteiger partial charge in [0.15, 0.2) is 0 Å². The zero-order valence-corrected chi connectivity index (χ0v) is 18.1. The fourth-order valence-corrected chi connectivity index (χ4v) is 5.12. The van der Waals surface area contributed by atoms with Crippen molar-refractivity contribution in [2.75, 3.05) is 24.2 Å². The van der Waals surface area contributed by atoms with Crippen molar-refractivity contribution in [3.05, 3.63) is 53.8 Å². The molecule has 8 heteroatoms. The van der Waals surface area contributed by atoms with Gasteiger partial charge in [0.1, 0.15) is 5.84 Å². The standard InChI is InChI=1S/C22H28N4O3S/c1-25(19-5-3-2-4-6-19)20-10-7-17(8-11-20)15-23-22(27)18-9-12-21-24-30(28,29)14-13-26(21)16-18/h7-12,16,19H,2-6,13-15H2,1H3,(H,23,27). The van der Waals surface area contributed by atoms with Crippen molar-refractivity contribution in [3.63, 3.8) is 0 Å². The zero-order valence-electron chi connectivity index (χ0n) is 17.3. The van der Waals surface area contributed by atoms with Crippen LogP contribution in [0, 0.1) is 0 Å². The summed E-state index contributed by atoms with van der Waals surface area (Å²) in [5.41, 5.74) is 2.74. The number of carbonyl (C=O) groups excluding carboxylic acids is 1. The third-order valence-electron chi connectivity index (χ3n) is 6.01. The molecular weight excluding hydrogens is 400 g/mol. The van der Waals surface area contributed by atoms with Crippen molar-refractivity contribution in [3.8, 4) is 0 Å². The summed E-state index contributed by atoms with van der Waals surface area (Å²) in [5, 5.41) is 2.94. The average molecular weight is 429 g/mol. The molecule has 4 rings (SSSR count). The maximum Gasteiger partial charge on any atom is 0.256 e. The Hall–Kier alpha value is -2.61. The van der Waals surface area contributed by atoms with Crippen LogP contribution in [0.3, 0.4) is 0 Å². The first-order valence-corrected chi connectivity index (χ1v) is 12.1. The fraction of sp³-hybridized carbons (Fsp3) is 0.455. The minimum Gasteiger partial charge on any atom is -0.372 e. The van der Waals surface area contributed by atoms with Crippen LogP contribution in [-0.4, -0.2) is 50.4 Å². The number of nitrogens with zero attached hydrogens (tertiary/aromatic N) is 3. The monoisotopic (exact) mass is 428 g/mol. The molecule has 30 heavy (non-hydrogen) atoms. The van der Waals surface area contributed by atoms with Gasteiger partial charge in [-0.05, 0) is 42.7 Å². The van der Waals surface area contributed by atoms with E-state index >= 15 is 0 Å². The highest BCUT2D eigenvalue weighted by atomic mass is 32.2. The largest absolute Gasteiger partial charge is 0.372 e. The lowest BCUT2D eigenvalue weighted by Crippen LogP contribution is -2.38. The number of carbonyl (C=O) groups is 1. The predicted octanol–water partition coefficient (Wildman–Crippen LogP) is 2.57. The summed E-state index contributed by atoms with van der Waals surface area (Å²) in [6, 6.07) is 8.97. The van der Waals surface area contributed by atoms with Crippen LogP contribution in [0.25, 0.3) is 0 Å². The van der Waals surface area contributed by atoms with Gasteiger partial charge in [0.05, 0.1) is 11.3 Å². The van der Waals surface area contributed by atoms with Gasteiger partial charge < -0.3 is 15.1 Å². The predicted molar refractivity (Wildman–Crippen MR) is 119 cm³/mol. The molecule has 1 saturated carbocycles. The average Bonchev–Trinajstić information content (AvgIpc) is 2.77. The number of amidine groups is 1. The molecule has 3 aliphatic rings. The lowest BCUT2D eigenvalue weighted by Gasteiger charge is -2.33. The van der Waals surface area contributed by atoms with Gasteiger partial charge in [0, 0.05) is 38.1 Å². The van der Waals surface area contributed by atoms with E-state index in [-0.39, 0.29) is 11.7 Å². The molecule has 2 aliphatic heterocycles. The summed E-state index contributed by atoms with van der Waals surface area (Å²) < 4.78 is 26.9. The molecule has 1 amide bonds. The molecule has 1 fully saturated rings. The molecule has 0 spiro atoms. The molecule has 7 nitrogen and oxygen atoms in total. The van der Waals surface area contributed by atoms with E-state index < -0.39 is 10.0 Å². The van der Waals surface area contributed by atoms with Crippen LogP contribution in [-0.2, 0) is 21.4 Å². The van der Waals surface area contributed by atoms with Gasteiger partial charge in [-0.1, -0.05) is 31.4 Å². The number of benzene rings is 1. The molecule has 0 unspecified atom stereocenters. The van der Waals surface area contributed by atoms with Crippen molar-refractivity contribution < 1.29 is 13.2 Å². The second-order valence-electron chi connectivity index (χ2n) is 8.10. The maximum absolute atomic E-state index is 12.5. The zero-order chi connectivity index (χ0) is 21.1. The van der Waals surface area contributed by atoms with Crippen LogP contribution >= 0.6 is 0 Å². The van der Waals surface area contributed by atoms with Gasteiger partial charge in [-0.15, -0.1) is 4.40 Å². The summed E-state index contributed by atoms with van der Waals surface area (Å²) in [6.07, 6.45) is 11.3. The Labute approximate surface area is 178 Å². The van der Waals surface area contributed by atoms with E-state index in [2.05, 4.69) is 45.9 Å². The number of sulfonamides is 1. The quantitative estimate of drug-likeness (QED) is 0.780. The van der Waals surface area contributed by atoms with Gasteiger partial charge in [-0.25, -0.2) is 8.42 Å². The fourth-order valence-electron chi connectivity index (χ4n) is 4.15. The smallest absolute Gasteiger partial charge is 0.256 e. The SMILES string of the molecule is CN(c1ccc(CNC(=O)C2=CN3CCS(=O)(=O)N=C3C=C2)cc1)C1CCCCC1. The van der Waals surface area contributed by atoms with Crippen molar-refractivity contribution in [1.82, 2.24) is 10.2 Å². The summed E-state index contributed by atoms with van der Waals surface area (Å²) in [6.45, 7) is 0.741. The second kappa shape index (κ2) is 8.63. The first kappa shape index (κ1) is 20.7. The van der Waals surface area contributed by atoms with E-state index in [4.69, 9.17) is 0 Å². The van der Waals surface area contributed by atoms with Gasteiger partial charge in [0.25, 0.3) is 15.9 Å². The Bertz CT molecular complexity index is 990. The normalized spacial score (nSPS) is 20.8. The molecule has 0 bridgehead atoms. The number of hydrogen-bond acceptors (Lipinski definition) is 5. The maximum atomic E-state index is 12.5. The second-order valence-corrected chi connectivity index (χ2v) is 9.85. The Balaban J connectivity index is 1.33. The van der Waals surface area contributed by atoms with Crippen molar-refractivity contribution in [1.29, 1.82) is 0 Å². The number of nitrogens with one attached hydrogen (secondary N) is 1. The summed E-state index contributed by atoms with van der Waals surface area (Å²) in [7, 11) is -1.23. The topological polar surface area (TPSA) is 82.1 Å². The first-order valence-electron chi connectivity index (χ1n) is 10.5. The third-order valence-corrected chi connectivity index (χ3v) is 7.17. The van der Waals surface area contributed by atoms with Crippen LogP contribution in [0.1, 0.15) is 37.7 Å². The van der Waals surface area contributed by atoms with Crippen LogP contribution in [0.4, 0.5) is 5.69 Å². The molecule has 1 aromatic carbocycles. The minimum absolute atomic E-state index is 0.0443. The van der Waals surface area contributed by atoms with Crippen molar-refractivity contribution >= 4 is 27.5 Å². The highest BCUT2D eigenvalue weighted by Gasteiger charge is 2.25. The van der Waals surface area contributed by atoms with E-state index in [0.717, 1.165) is 5.56 Å². The molecule has 160 valence electrons. The van der Waals surface area contributed by atoms with E-state index in [9.17, 15) is 13.2 Å². The van der Waals surface area contributed by atoms with Crippen LogP contribution in [0.15, 0.2) is 52.6 Å². The molecule has 1 N–H and O–H groups in total. The molecule has 0 atom stereocenters. The molecule has 1 aliphatic carbocycles. The molecule has 2 heterocycles. The highest BCUT2D eigenvalue weighted by Crippen LogP contribution is 2.26. The Morgan fingerprint density at radius 3 is 2.63 bits per heavy atom. The van der Waals surface area contributed by atoms with Crippen molar-refractivity contribution in [2.24, 2.45) is 4.40 Å². The minimum atomic E-state index is -3.39. The third kappa shape index (κ3) is 4.75. The summed E-state index contributed by atoms with van der Waals surface area (Å²) in [5.74, 6) is 0.120. The van der Waals surface area contributed by atoms with Crippen LogP contribution in [0.5, 0.6) is 0 Å². The molecule has 1 aromatic rings. The Morgan fingerprint density at radius 2 is 1.90 bits per heavy atom. The number of amides is 1. The number of hydrogen-bond donors (Lipinski definition) is 1. The lowest BCUT2D eigenvalue weighted by molar-refractivity contribution is -0.117. The van der Waals surface area contributed by atoms with Gasteiger partial charge in [-0.2, -0.15) is 0 Å². The number of rotatable bonds is 5. The first-order chi connectivity index (χ1) is 14.4. The molecular formula is C22H28N4O3S. The molecule has 0 saturated heterocycles. The molecule has 0 radical (unpaired) electrons. The highest BCUT2D eigenvalue weighted by molar-refractivity contribution is 7.90. The van der Waals surface area contributed by atoms with E-state index in [1.54, 1.807) is 23.3 Å². The van der Waals surface area contributed by atoms with Crippen LogP contribution < -0.4 is 10.2 Å². The Morgan fingerprint density at radius 1 is 1.17 bits per heavy atom. The summed E-state index contributed by atoms with van der Waals surface area (Å²) in [4.78, 5) is 16.6. The van der Waals surface area contributed by atoms with E-state index in [1.807, 2.05) is 0 Å². The lowest BCUT2D eigenvalue weighted by atomic mass is 9.94. The number of anilines is 1. The van der Waals surface area contributed by atoms with Gasteiger partial charge >= 0.3 is 0 Å². The number of fused-ring (bicyclic) bond motifs is 1. The van der Waals surface area contributed by atoms with Crippen molar-refractivity contribution in [2.45, 2.75) is 44.7 Å². The van der Waals surface area contributed by atoms with Crippen LogP contribution in [0.2, 0.25) is 0 Å². The summed E-state index contributed by atoms with van der Waals surface area (Å²) >= 11 is 0. The van der Waals surface area contributed by atoms with E-state index in [0.29, 0.717) is 30.5 Å². The Kier molecular flexibility index (Phi) is 5.94. The van der Waals surface area contributed by atoms with Gasteiger partial charge in [0.2, 0.25) is 0 Å². The van der Waals surface area contributed by atoms with E-state index in [1.165, 1.54) is 37.8 Å².